The topological polar surface area (TPSA) is 29.3 Å². The van der Waals surface area contributed by atoms with Crippen LogP contribution in [0, 0.1) is 0 Å². The predicted octanol–water partition coefficient (Wildman–Crippen LogP) is 3.06. The highest BCUT2D eigenvalue weighted by Crippen LogP contribution is 2.51. The van der Waals surface area contributed by atoms with Crippen LogP contribution in [0.25, 0.3) is 0 Å². The first-order valence-electron chi connectivity index (χ1n) is 7.18. The van der Waals surface area contributed by atoms with Gasteiger partial charge in [-0.25, -0.2) is 0 Å². The average molecular weight is 244 g/mol. The number of anilines is 1. The minimum atomic E-state index is 0.0167. The summed E-state index contributed by atoms with van der Waals surface area (Å²) in [6.07, 6.45) is 4.97. The zero-order valence-corrected chi connectivity index (χ0v) is 11.6. The van der Waals surface area contributed by atoms with Crippen LogP contribution >= 0.6 is 0 Å². The smallest absolute Gasteiger partial charge is 0.0404 e. The largest absolute Gasteiger partial charge is 0.371 e. The Hall–Kier alpha value is -1.02. The van der Waals surface area contributed by atoms with E-state index in [4.69, 9.17) is 5.73 Å². The predicted molar refractivity (Wildman–Crippen MR) is 77.1 cm³/mol. The highest BCUT2D eigenvalue weighted by molar-refractivity contribution is 5.58. The van der Waals surface area contributed by atoms with Gasteiger partial charge in [0.15, 0.2) is 0 Å². The summed E-state index contributed by atoms with van der Waals surface area (Å²) in [5.41, 5.74) is 9.45. The molecule has 1 aromatic rings. The molecule has 0 amide bonds. The van der Waals surface area contributed by atoms with Gasteiger partial charge < -0.3 is 10.6 Å². The molecule has 2 nitrogen and oxygen atoms in total. The van der Waals surface area contributed by atoms with Gasteiger partial charge in [-0.15, -0.1) is 0 Å². The van der Waals surface area contributed by atoms with Crippen molar-refractivity contribution in [3.63, 3.8) is 0 Å². The normalized spacial score (nSPS) is 22.3. The Balaban J connectivity index is 2.01. The zero-order chi connectivity index (χ0) is 12.8. The third-order valence-electron chi connectivity index (χ3n) is 5.06. The van der Waals surface area contributed by atoms with E-state index >= 15 is 0 Å². The molecule has 18 heavy (non-hydrogen) atoms. The van der Waals surface area contributed by atoms with E-state index in [9.17, 15) is 0 Å². The van der Waals surface area contributed by atoms with Gasteiger partial charge in [-0.1, -0.05) is 32.0 Å². The minimum absolute atomic E-state index is 0.0167. The van der Waals surface area contributed by atoms with Crippen molar-refractivity contribution in [1.29, 1.82) is 0 Å². The van der Waals surface area contributed by atoms with Crippen LogP contribution in [0.2, 0.25) is 0 Å². The van der Waals surface area contributed by atoms with Gasteiger partial charge in [-0.2, -0.15) is 0 Å². The quantitative estimate of drug-likeness (QED) is 0.885. The molecule has 2 aliphatic rings. The molecule has 0 radical (unpaired) electrons. The number of hydrogen-bond acceptors (Lipinski definition) is 2. The summed E-state index contributed by atoms with van der Waals surface area (Å²) in [5, 5.41) is 0. The van der Waals surface area contributed by atoms with E-state index in [0.717, 1.165) is 12.8 Å². The van der Waals surface area contributed by atoms with E-state index in [2.05, 4.69) is 43.0 Å². The van der Waals surface area contributed by atoms with Gasteiger partial charge in [0.05, 0.1) is 0 Å². The van der Waals surface area contributed by atoms with Crippen molar-refractivity contribution in [3.8, 4) is 0 Å². The van der Waals surface area contributed by atoms with Crippen molar-refractivity contribution in [1.82, 2.24) is 0 Å². The van der Waals surface area contributed by atoms with Crippen molar-refractivity contribution in [3.05, 3.63) is 29.8 Å². The lowest BCUT2D eigenvalue weighted by Gasteiger charge is -2.36. The molecule has 0 bridgehead atoms. The van der Waals surface area contributed by atoms with E-state index in [1.165, 1.54) is 37.2 Å². The van der Waals surface area contributed by atoms with Crippen molar-refractivity contribution in [2.24, 2.45) is 5.73 Å². The summed E-state index contributed by atoms with van der Waals surface area (Å²) in [4.78, 5) is 2.53. The fourth-order valence-electron chi connectivity index (χ4n) is 3.26. The Kier molecular flexibility index (Phi) is 2.67. The number of benzene rings is 1. The minimum Gasteiger partial charge on any atom is -0.371 e. The SMILES string of the molecule is CC(C)(c1ccccc1N1CCCC1)C1(N)CC1. The molecule has 0 aromatic heterocycles. The number of para-hydroxylation sites is 1. The Morgan fingerprint density at radius 1 is 1.11 bits per heavy atom. The van der Waals surface area contributed by atoms with E-state index in [1.807, 2.05) is 0 Å². The second-order valence-electron chi connectivity index (χ2n) is 6.49. The molecular weight excluding hydrogens is 220 g/mol. The Labute approximate surface area is 110 Å². The molecule has 1 aliphatic heterocycles. The highest BCUT2D eigenvalue weighted by Gasteiger charge is 2.52. The highest BCUT2D eigenvalue weighted by atomic mass is 15.1. The Morgan fingerprint density at radius 3 is 2.33 bits per heavy atom. The van der Waals surface area contributed by atoms with Crippen LogP contribution in [0.3, 0.4) is 0 Å². The molecular formula is C16H24N2. The van der Waals surface area contributed by atoms with E-state index in [1.54, 1.807) is 0 Å². The maximum Gasteiger partial charge on any atom is 0.0404 e. The second kappa shape index (κ2) is 3.99. The van der Waals surface area contributed by atoms with Gasteiger partial charge in [0.25, 0.3) is 0 Å². The van der Waals surface area contributed by atoms with Gasteiger partial charge in [0.2, 0.25) is 0 Å². The average Bonchev–Trinajstić information content (AvgIpc) is 2.94. The third kappa shape index (κ3) is 1.74. The Morgan fingerprint density at radius 2 is 1.72 bits per heavy atom. The fourth-order valence-corrected chi connectivity index (χ4v) is 3.26. The monoisotopic (exact) mass is 244 g/mol. The molecule has 98 valence electrons. The van der Waals surface area contributed by atoms with Crippen molar-refractivity contribution < 1.29 is 0 Å². The van der Waals surface area contributed by atoms with E-state index in [-0.39, 0.29) is 11.0 Å². The lowest BCUT2D eigenvalue weighted by atomic mass is 9.75. The van der Waals surface area contributed by atoms with Crippen LogP contribution in [0.5, 0.6) is 0 Å². The maximum atomic E-state index is 6.51. The first-order valence-corrected chi connectivity index (χ1v) is 7.18. The van der Waals surface area contributed by atoms with Gasteiger partial charge in [-0.3, -0.25) is 0 Å². The fraction of sp³-hybridized carbons (Fsp3) is 0.625. The number of nitrogens with two attached hydrogens (primary N) is 1. The van der Waals surface area contributed by atoms with Crippen LogP contribution in [0.4, 0.5) is 5.69 Å². The zero-order valence-electron chi connectivity index (χ0n) is 11.6. The number of rotatable bonds is 3. The number of hydrogen-bond donors (Lipinski definition) is 1. The molecule has 1 heterocycles. The van der Waals surface area contributed by atoms with Gasteiger partial charge in [0.1, 0.15) is 0 Å². The first-order chi connectivity index (χ1) is 8.55. The molecule has 2 fully saturated rings. The van der Waals surface area contributed by atoms with Crippen molar-refractivity contribution >= 4 is 5.69 Å². The van der Waals surface area contributed by atoms with E-state index < -0.39 is 0 Å². The molecule has 2 N–H and O–H groups in total. The summed E-state index contributed by atoms with van der Waals surface area (Å²) in [6.45, 7) is 7.03. The molecule has 1 saturated heterocycles. The van der Waals surface area contributed by atoms with Crippen molar-refractivity contribution in [2.75, 3.05) is 18.0 Å². The lowest BCUT2D eigenvalue weighted by molar-refractivity contribution is 0.391. The summed E-state index contributed by atoms with van der Waals surface area (Å²) in [6, 6.07) is 8.86. The molecule has 3 rings (SSSR count). The molecule has 2 heteroatoms. The number of nitrogens with zero attached hydrogens (tertiary/aromatic N) is 1. The van der Waals surface area contributed by atoms with Crippen LogP contribution in [-0.4, -0.2) is 18.6 Å². The van der Waals surface area contributed by atoms with Crippen LogP contribution in [0.1, 0.15) is 45.1 Å². The molecule has 1 saturated carbocycles. The summed E-state index contributed by atoms with van der Waals surface area (Å²) in [5.74, 6) is 0. The standard InChI is InChI=1S/C16H24N2/c1-15(2,16(17)9-10-16)13-7-3-4-8-14(13)18-11-5-6-12-18/h3-4,7-8H,5-6,9-12,17H2,1-2H3. The van der Waals surface area contributed by atoms with E-state index in [0.29, 0.717) is 0 Å². The van der Waals surface area contributed by atoms with Gasteiger partial charge in [-0.05, 0) is 37.3 Å². The molecule has 0 atom stereocenters. The molecule has 1 aliphatic carbocycles. The molecule has 0 spiro atoms. The van der Waals surface area contributed by atoms with Gasteiger partial charge in [0, 0.05) is 29.7 Å². The van der Waals surface area contributed by atoms with Crippen LogP contribution in [-0.2, 0) is 5.41 Å². The Bertz CT molecular complexity index is 440. The summed E-state index contributed by atoms with van der Waals surface area (Å²) >= 11 is 0. The maximum absolute atomic E-state index is 6.51. The summed E-state index contributed by atoms with van der Waals surface area (Å²) < 4.78 is 0. The van der Waals surface area contributed by atoms with Gasteiger partial charge >= 0.3 is 0 Å². The summed E-state index contributed by atoms with van der Waals surface area (Å²) in [7, 11) is 0. The first kappa shape index (κ1) is 12.0. The second-order valence-corrected chi connectivity index (χ2v) is 6.49. The molecule has 1 aromatic carbocycles. The third-order valence-corrected chi connectivity index (χ3v) is 5.06. The lowest BCUT2D eigenvalue weighted by Crippen LogP contribution is -2.44. The van der Waals surface area contributed by atoms with Crippen LogP contribution in [0.15, 0.2) is 24.3 Å². The van der Waals surface area contributed by atoms with Crippen LogP contribution < -0.4 is 10.6 Å². The van der Waals surface area contributed by atoms with Crippen molar-refractivity contribution in [2.45, 2.75) is 50.5 Å². The molecule has 0 unspecified atom stereocenters.